The third kappa shape index (κ3) is 5.70. The molecule has 4 rings (SSSR count). The van der Waals surface area contributed by atoms with Crippen molar-refractivity contribution in [2.24, 2.45) is 17.3 Å². The van der Waals surface area contributed by atoms with E-state index in [1.807, 2.05) is 6.08 Å². The molecule has 3 nitrogen and oxygen atoms in total. The molecule has 3 aliphatic carbocycles. The summed E-state index contributed by atoms with van der Waals surface area (Å²) in [6.07, 6.45) is 8.12. The fourth-order valence-corrected chi connectivity index (χ4v) is 6.52. The van der Waals surface area contributed by atoms with Gasteiger partial charge in [0.15, 0.2) is 0 Å². The van der Waals surface area contributed by atoms with Crippen LogP contribution in [0.5, 0.6) is 0 Å². The van der Waals surface area contributed by atoms with Crippen LogP contribution in [0.25, 0.3) is 0 Å². The molecule has 0 aliphatic heterocycles. The Bertz CT molecular complexity index is 840. The maximum Gasteiger partial charge on any atom is 0.433 e. The Morgan fingerprint density at radius 1 is 1.22 bits per heavy atom. The van der Waals surface area contributed by atoms with E-state index >= 15 is 0 Å². The highest BCUT2D eigenvalue weighted by atomic mass is 32.2. The van der Waals surface area contributed by atoms with Crippen molar-refractivity contribution in [2.75, 3.05) is 5.75 Å². The highest BCUT2D eigenvalue weighted by Crippen LogP contribution is 2.52. The Morgan fingerprint density at radius 2 is 1.88 bits per heavy atom. The lowest BCUT2D eigenvalue weighted by molar-refractivity contribution is -0.141. The molecule has 176 valence electrons. The molecule has 1 unspecified atom stereocenters. The van der Waals surface area contributed by atoms with Gasteiger partial charge in [0.1, 0.15) is 5.69 Å². The van der Waals surface area contributed by atoms with E-state index in [1.54, 1.807) is 0 Å². The number of thioether (sulfide) groups is 1. The fourth-order valence-electron chi connectivity index (χ4n) is 5.07. The predicted molar refractivity (Wildman–Crippen MR) is 123 cm³/mol. The number of rotatable bonds is 9. The van der Waals surface area contributed by atoms with Crippen LogP contribution in [-0.4, -0.2) is 27.9 Å². The van der Waals surface area contributed by atoms with Gasteiger partial charge in [-0.2, -0.15) is 24.9 Å². The van der Waals surface area contributed by atoms with E-state index in [-0.39, 0.29) is 28.6 Å². The van der Waals surface area contributed by atoms with E-state index in [9.17, 15) is 18.0 Å². The fraction of sp³-hybridized carbons (Fsp3) is 0.680. The van der Waals surface area contributed by atoms with Crippen molar-refractivity contribution in [2.45, 2.75) is 82.2 Å². The molecular weight excluding hydrogens is 433 g/mol. The highest BCUT2D eigenvalue weighted by molar-refractivity contribution is 7.99. The maximum atomic E-state index is 13.0. The normalized spacial score (nSPS) is 27.1. The number of halogens is 3. The van der Waals surface area contributed by atoms with Crippen LogP contribution in [0.4, 0.5) is 13.2 Å². The van der Waals surface area contributed by atoms with Crippen molar-refractivity contribution < 1.29 is 18.0 Å². The Morgan fingerprint density at radius 3 is 2.41 bits per heavy atom. The van der Waals surface area contributed by atoms with Gasteiger partial charge >= 0.3 is 6.18 Å². The van der Waals surface area contributed by atoms with Gasteiger partial charge in [-0.05, 0) is 87.0 Å². The number of pyridine rings is 1. The lowest BCUT2D eigenvalue weighted by Crippen LogP contribution is -2.49. The van der Waals surface area contributed by atoms with Crippen molar-refractivity contribution in [3.05, 3.63) is 41.7 Å². The summed E-state index contributed by atoms with van der Waals surface area (Å²) < 4.78 is 38.8. The van der Waals surface area contributed by atoms with Crippen LogP contribution in [0.3, 0.4) is 0 Å². The summed E-state index contributed by atoms with van der Waals surface area (Å²) in [5.74, 6) is 2.56. The molecule has 0 radical (unpaired) electrons. The van der Waals surface area contributed by atoms with Gasteiger partial charge in [0.05, 0.1) is 17.3 Å². The van der Waals surface area contributed by atoms with Crippen LogP contribution >= 0.6 is 11.8 Å². The monoisotopic (exact) mass is 466 g/mol. The van der Waals surface area contributed by atoms with Gasteiger partial charge in [-0.25, -0.2) is 4.98 Å². The molecule has 3 aliphatic rings. The number of hydrogen-bond donors (Lipinski definition) is 1. The quantitative estimate of drug-likeness (QED) is 0.419. The summed E-state index contributed by atoms with van der Waals surface area (Å²) in [6, 6.07) is 1.93. The Labute approximate surface area is 193 Å². The second-order valence-electron chi connectivity index (χ2n) is 10.00. The van der Waals surface area contributed by atoms with Crippen LogP contribution in [0.2, 0.25) is 0 Å². The average molecular weight is 467 g/mol. The van der Waals surface area contributed by atoms with Crippen LogP contribution in [-0.2, 0) is 6.18 Å². The molecule has 32 heavy (non-hydrogen) atoms. The van der Waals surface area contributed by atoms with Crippen LogP contribution < -0.4 is 5.32 Å². The minimum Gasteiger partial charge on any atom is -0.345 e. The Hall–Kier alpha value is -1.50. The number of nitrogens with one attached hydrogen (secondary N) is 1. The molecule has 0 aromatic carbocycles. The summed E-state index contributed by atoms with van der Waals surface area (Å²) in [5, 5.41) is 3.82. The summed E-state index contributed by atoms with van der Waals surface area (Å²) in [7, 11) is 0. The molecule has 1 heterocycles. The summed E-state index contributed by atoms with van der Waals surface area (Å²) in [4.78, 5) is 16.7. The second kappa shape index (κ2) is 9.40. The van der Waals surface area contributed by atoms with Crippen LogP contribution in [0, 0.1) is 24.2 Å². The number of hydrogen-bond acceptors (Lipinski definition) is 3. The van der Waals surface area contributed by atoms with Crippen LogP contribution in [0.15, 0.2) is 24.8 Å². The van der Waals surface area contributed by atoms with Gasteiger partial charge in [-0.15, -0.1) is 6.58 Å². The second-order valence-corrected chi connectivity index (χ2v) is 11.3. The Kier molecular flexibility index (Phi) is 6.94. The van der Waals surface area contributed by atoms with Crippen molar-refractivity contribution in [1.82, 2.24) is 10.3 Å². The zero-order valence-electron chi connectivity index (χ0n) is 18.7. The van der Waals surface area contributed by atoms with Gasteiger partial charge in [-0.1, -0.05) is 18.9 Å². The smallest absolute Gasteiger partial charge is 0.345 e. The molecule has 3 saturated carbocycles. The van der Waals surface area contributed by atoms with Crippen molar-refractivity contribution in [1.29, 1.82) is 0 Å². The first-order valence-electron chi connectivity index (χ1n) is 11.8. The van der Waals surface area contributed by atoms with E-state index in [4.69, 9.17) is 0 Å². The lowest BCUT2D eigenvalue weighted by atomic mass is 9.65. The summed E-state index contributed by atoms with van der Waals surface area (Å²) >= 11 is 2.13. The van der Waals surface area contributed by atoms with Crippen molar-refractivity contribution in [3.8, 4) is 0 Å². The number of carbonyl (C=O) groups excluding carboxylic acids is 1. The largest absolute Gasteiger partial charge is 0.433 e. The highest BCUT2D eigenvalue weighted by Gasteiger charge is 2.45. The molecule has 1 aromatic rings. The van der Waals surface area contributed by atoms with E-state index in [0.717, 1.165) is 50.0 Å². The number of aryl methyl sites for hydroxylation is 1. The summed E-state index contributed by atoms with van der Waals surface area (Å²) in [6.45, 7) is 5.48. The average Bonchev–Trinajstić information content (AvgIpc) is 3.66. The molecule has 0 bridgehead atoms. The lowest BCUT2D eigenvalue weighted by Gasteiger charge is -2.45. The SMILES string of the molecule is C=CC(NC(=O)c1ccc(C(F)(F)F)nc1C)C1(CC2CC2)CCC(SCC2CC2)CC1. The molecule has 3 fully saturated rings. The minimum absolute atomic E-state index is 0.0114. The molecule has 1 amide bonds. The number of amides is 1. The van der Waals surface area contributed by atoms with E-state index in [0.29, 0.717) is 5.25 Å². The first-order valence-corrected chi connectivity index (χ1v) is 12.8. The molecule has 0 saturated heterocycles. The minimum atomic E-state index is -4.52. The molecule has 1 N–H and O–H groups in total. The zero-order chi connectivity index (χ0) is 22.9. The topological polar surface area (TPSA) is 42.0 Å². The number of carbonyl (C=O) groups is 1. The molecular formula is C25H33F3N2OS. The summed E-state index contributed by atoms with van der Waals surface area (Å²) in [5.41, 5.74) is -0.696. The van der Waals surface area contributed by atoms with Gasteiger partial charge in [0.2, 0.25) is 0 Å². The molecule has 1 atom stereocenters. The standard InChI is InChI=1S/C25H33F3N2OS/c1-3-21(30-23(31)20-8-9-22(25(26,27)28)29-16(20)2)24(14-17-4-5-17)12-10-19(11-13-24)32-15-18-6-7-18/h3,8-9,17-19,21H,1,4-7,10-15H2,2H3,(H,30,31). The third-order valence-electron chi connectivity index (χ3n) is 7.39. The number of alkyl halides is 3. The van der Waals surface area contributed by atoms with E-state index < -0.39 is 11.9 Å². The molecule has 0 spiro atoms. The first-order chi connectivity index (χ1) is 15.2. The molecule has 1 aromatic heterocycles. The van der Waals surface area contributed by atoms with Gasteiger partial charge < -0.3 is 5.32 Å². The Balaban J connectivity index is 1.45. The van der Waals surface area contributed by atoms with E-state index in [2.05, 4.69) is 28.6 Å². The van der Waals surface area contributed by atoms with Crippen molar-refractivity contribution in [3.63, 3.8) is 0 Å². The van der Waals surface area contributed by atoms with E-state index in [1.165, 1.54) is 44.4 Å². The number of aromatic nitrogens is 1. The van der Waals surface area contributed by atoms with Gasteiger partial charge in [0.25, 0.3) is 5.91 Å². The van der Waals surface area contributed by atoms with Crippen LogP contribution in [0.1, 0.15) is 79.5 Å². The van der Waals surface area contributed by atoms with Crippen molar-refractivity contribution >= 4 is 17.7 Å². The first kappa shape index (κ1) is 23.7. The third-order valence-corrected chi connectivity index (χ3v) is 8.99. The predicted octanol–water partition coefficient (Wildman–Crippen LogP) is 6.57. The van der Waals surface area contributed by atoms with Gasteiger partial charge in [-0.3, -0.25) is 4.79 Å². The number of nitrogens with zero attached hydrogens (tertiary/aromatic N) is 1. The molecule has 7 heteroatoms. The zero-order valence-corrected chi connectivity index (χ0v) is 19.5. The van der Waals surface area contributed by atoms with Gasteiger partial charge in [0, 0.05) is 5.25 Å². The maximum absolute atomic E-state index is 13.0.